The van der Waals surface area contributed by atoms with Gasteiger partial charge in [-0.05, 0) is 39.3 Å². The van der Waals surface area contributed by atoms with Gasteiger partial charge in [0.1, 0.15) is 12.1 Å². The van der Waals surface area contributed by atoms with Gasteiger partial charge in [0.2, 0.25) is 0 Å². The highest BCUT2D eigenvalue weighted by Crippen LogP contribution is 2.27. The van der Waals surface area contributed by atoms with E-state index < -0.39 is 0 Å². The summed E-state index contributed by atoms with van der Waals surface area (Å²) < 4.78 is 1.89. The van der Waals surface area contributed by atoms with Gasteiger partial charge in [-0.1, -0.05) is 13.8 Å². The predicted octanol–water partition coefficient (Wildman–Crippen LogP) is 2.17. The van der Waals surface area contributed by atoms with Crippen LogP contribution in [0.25, 0.3) is 5.78 Å². The van der Waals surface area contributed by atoms with Crippen molar-refractivity contribution in [1.82, 2.24) is 24.5 Å². The lowest BCUT2D eigenvalue weighted by Crippen LogP contribution is -2.46. The van der Waals surface area contributed by atoms with Gasteiger partial charge in [0.05, 0.1) is 5.69 Å². The molecule has 6 heteroatoms. The van der Waals surface area contributed by atoms with Crippen LogP contribution in [0.5, 0.6) is 0 Å². The van der Waals surface area contributed by atoms with E-state index in [9.17, 15) is 0 Å². The van der Waals surface area contributed by atoms with Crippen LogP contribution in [0.3, 0.4) is 0 Å². The molecule has 0 amide bonds. The summed E-state index contributed by atoms with van der Waals surface area (Å²) in [5.74, 6) is 2.23. The zero-order chi connectivity index (χ0) is 15.7. The summed E-state index contributed by atoms with van der Waals surface area (Å²) in [5.41, 5.74) is 1.09. The Labute approximate surface area is 132 Å². The molecule has 0 radical (unpaired) electrons. The van der Waals surface area contributed by atoms with Crippen LogP contribution in [-0.2, 0) is 0 Å². The zero-order valence-corrected chi connectivity index (χ0v) is 14.0. The van der Waals surface area contributed by atoms with Crippen molar-refractivity contribution in [3.8, 4) is 0 Å². The molecule has 0 aromatic carbocycles. The Hall–Kier alpha value is -1.69. The fourth-order valence-electron chi connectivity index (χ4n) is 3.23. The van der Waals surface area contributed by atoms with Crippen LogP contribution in [0.2, 0.25) is 0 Å². The number of anilines is 1. The van der Waals surface area contributed by atoms with Crippen molar-refractivity contribution in [3.63, 3.8) is 0 Å². The maximum Gasteiger partial charge on any atom is 0.254 e. The molecule has 1 fully saturated rings. The van der Waals surface area contributed by atoms with Gasteiger partial charge < -0.3 is 9.80 Å². The van der Waals surface area contributed by atoms with E-state index in [2.05, 4.69) is 58.9 Å². The Kier molecular flexibility index (Phi) is 4.29. The fraction of sp³-hybridized carbons (Fsp3) is 0.688. The van der Waals surface area contributed by atoms with Gasteiger partial charge in [-0.3, -0.25) is 0 Å². The van der Waals surface area contributed by atoms with E-state index in [1.54, 1.807) is 6.33 Å². The van der Waals surface area contributed by atoms with E-state index in [0.29, 0.717) is 17.7 Å². The average molecular weight is 302 g/mol. The zero-order valence-electron chi connectivity index (χ0n) is 14.0. The van der Waals surface area contributed by atoms with Crippen molar-refractivity contribution < 1.29 is 0 Å². The van der Waals surface area contributed by atoms with Gasteiger partial charge in [0, 0.05) is 25.2 Å². The van der Waals surface area contributed by atoms with Crippen LogP contribution in [0.4, 0.5) is 5.82 Å². The molecule has 0 saturated carbocycles. The van der Waals surface area contributed by atoms with Gasteiger partial charge in [-0.2, -0.15) is 14.6 Å². The lowest BCUT2D eigenvalue weighted by Gasteiger charge is -2.38. The van der Waals surface area contributed by atoms with Crippen LogP contribution < -0.4 is 4.90 Å². The van der Waals surface area contributed by atoms with Crippen molar-refractivity contribution in [1.29, 1.82) is 0 Å². The second kappa shape index (κ2) is 6.20. The van der Waals surface area contributed by atoms with Crippen molar-refractivity contribution in [2.75, 3.05) is 32.1 Å². The van der Waals surface area contributed by atoms with E-state index in [0.717, 1.165) is 24.6 Å². The number of piperidine rings is 1. The topological polar surface area (TPSA) is 49.6 Å². The van der Waals surface area contributed by atoms with Crippen molar-refractivity contribution >= 4 is 11.6 Å². The van der Waals surface area contributed by atoms with Gasteiger partial charge in [-0.15, -0.1) is 0 Å². The quantitative estimate of drug-likeness (QED) is 0.866. The molecule has 22 heavy (non-hydrogen) atoms. The van der Waals surface area contributed by atoms with Gasteiger partial charge in [0.25, 0.3) is 5.78 Å². The Morgan fingerprint density at radius 2 is 2.14 bits per heavy atom. The summed E-state index contributed by atoms with van der Waals surface area (Å²) in [5, 5.41) is 4.40. The molecule has 0 spiro atoms. The first-order chi connectivity index (χ1) is 10.6. The first-order valence-corrected chi connectivity index (χ1v) is 8.18. The molecule has 1 saturated heterocycles. The molecule has 0 aliphatic carbocycles. The maximum atomic E-state index is 4.63. The second-order valence-electron chi connectivity index (χ2n) is 6.77. The normalized spacial score (nSPS) is 19.5. The Morgan fingerprint density at radius 3 is 2.86 bits per heavy atom. The van der Waals surface area contributed by atoms with Crippen molar-refractivity contribution in [2.45, 2.75) is 45.1 Å². The highest BCUT2D eigenvalue weighted by Gasteiger charge is 2.26. The molecule has 1 aliphatic rings. The number of fused-ring (bicyclic) bond motifs is 1. The molecule has 1 aliphatic heterocycles. The molecular formula is C16H26N6. The third-order valence-electron chi connectivity index (χ3n) is 4.34. The number of likely N-dealkylation sites (N-methyl/N-ethyl adjacent to an activating group) is 1. The largest absolute Gasteiger partial charge is 0.352 e. The SMILES string of the molecule is CC(C)c1cc(N2CCCCC2CN(C)C)n2ncnc2n1. The van der Waals surface area contributed by atoms with Crippen LogP contribution in [0, 0.1) is 0 Å². The Morgan fingerprint density at radius 1 is 1.32 bits per heavy atom. The summed E-state index contributed by atoms with van der Waals surface area (Å²) >= 11 is 0. The van der Waals surface area contributed by atoms with Crippen LogP contribution in [-0.4, -0.2) is 57.7 Å². The molecule has 1 atom stereocenters. The number of hydrogen-bond acceptors (Lipinski definition) is 5. The second-order valence-corrected chi connectivity index (χ2v) is 6.77. The highest BCUT2D eigenvalue weighted by atomic mass is 15.4. The van der Waals surface area contributed by atoms with E-state index >= 15 is 0 Å². The molecule has 3 heterocycles. The van der Waals surface area contributed by atoms with E-state index in [1.165, 1.54) is 19.3 Å². The minimum absolute atomic E-state index is 0.387. The highest BCUT2D eigenvalue weighted by molar-refractivity contribution is 5.49. The summed E-state index contributed by atoms with van der Waals surface area (Å²) in [6.07, 6.45) is 5.37. The first kappa shape index (κ1) is 15.2. The molecule has 6 nitrogen and oxygen atoms in total. The number of nitrogens with zero attached hydrogens (tertiary/aromatic N) is 6. The molecule has 1 unspecified atom stereocenters. The number of rotatable bonds is 4. The molecule has 0 N–H and O–H groups in total. The number of hydrogen-bond donors (Lipinski definition) is 0. The van der Waals surface area contributed by atoms with Crippen molar-refractivity contribution in [2.24, 2.45) is 0 Å². The molecule has 120 valence electrons. The standard InChI is InChI=1S/C16H26N6/c1-12(2)14-9-15(22-16(19-14)17-11-18-22)21-8-6-5-7-13(21)10-20(3)4/h9,11-13H,5-8,10H2,1-4H3. The van der Waals surface area contributed by atoms with Crippen LogP contribution in [0.1, 0.15) is 44.7 Å². The van der Waals surface area contributed by atoms with Gasteiger partial charge in [-0.25, -0.2) is 4.98 Å². The van der Waals surface area contributed by atoms with Crippen LogP contribution in [0.15, 0.2) is 12.4 Å². The third kappa shape index (κ3) is 2.92. The van der Waals surface area contributed by atoms with Gasteiger partial charge in [0.15, 0.2) is 0 Å². The lowest BCUT2D eigenvalue weighted by molar-refractivity contribution is 0.326. The van der Waals surface area contributed by atoms with Gasteiger partial charge >= 0.3 is 0 Å². The molecule has 3 rings (SSSR count). The van der Waals surface area contributed by atoms with Crippen LogP contribution >= 0.6 is 0 Å². The van der Waals surface area contributed by atoms with Crippen molar-refractivity contribution in [3.05, 3.63) is 18.1 Å². The first-order valence-electron chi connectivity index (χ1n) is 8.18. The summed E-state index contributed by atoms with van der Waals surface area (Å²) in [4.78, 5) is 13.7. The minimum atomic E-state index is 0.387. The van der Waals surface area contributed by atoms with E-state index in [1.807, 2.05) is 4.52 Å². The maximum absolute atomic E-state index is 4.63. The summed E-state index contributed by atoms with van der Waals surface area (Å²) in [6.45, 7) is 6.49. The molecule has 0 bridgehead atoms. The predicted molar refractivity (Wildman–Crippen MR) is 88.4 cm³/mol. The lowest BCUT2D eigenvalue weighted by atomic mass is 10.0. The summed E-state index contributed by atoms with van der Waals surface area (Å²) in [7, 11) is 4.29. The Balaban J connectivity index is 2.04. The Bertz CT molecular complexity index is 633. The summed E-state index contributed by atoms with van der Waals surface area (Å²) in [6, 6.07) is 2.72. The molecular weight excluding hydrogens is 276 g/mol. The monoisotopic (exact) mass is 302 g/mol. The van der Waals surface area contributed by atoms with E-state index in [4.69, 9.17) is 0 Å². The third-order valence-corrected chi connectivity index (χ3v) is 4.34. The number of aromatic nitrogens is 4. The van der Waals surface area contributed by atoms with E-state index in [-0.39, 0.29) is 0 Å². The smallest absolute Gasteiger partial charge is 0.254 e. The molecule has 2 aromatic rings. The minimum Gasteiger partial charge on any atom is -0.352 e. The average Bonchev–Trinajstić information content (AvgIpc) is 2.94. The molecule has 2 aromatic heterocycles. The fourth-order valence-corrected chi connectivity index (χ4v) is 3.23.